The summed E-state index contributed by atoms with van der Waals surface area (Å²) in [5, 5.41) is 14.6. The van der Waals surface area contributed by atoms with Crippen LogP contribution in [0.4, 0.5) is 0 Å². The van der Waals surface area contributed by atoms with Crippen LogP contribution in [0.5, 0.6) is 5.75 Å². The van der Waals surface area contributed by atoms with Crippen molar-refractivity contribution in [2.75, 3.05) is 13.7 Å². The zero-order chi connectivity index (χ0) is 19.4. The van der Waals surface area contributed by atoms with Crippen LogP contribution in [0, 0.1) is 20.8 Å². The average molecular weight is 359 g/mol. The van der Waals surface area contributed by atoms with Gasteiger partial charge in [-0.15, -0.1) is 0 Å². The van der Waals surface area contributed by atoms with Crippen LogP contribution in [0.15, 0.2) is 22.6 Å². The van der Waals surface area contributed by atoms with Crippen LogP contribution in [0.1, 0.15) is 61.3 Å². The lowest BCUT2D eigenvalue weighted by molar-refractivity contribution is -0.116. The van der Waals surface area contributed by atoms with Gasteiger partial charge in [-0.05, 0) is 62.3 Å². The summed E-state index contributed by atoms with van der Waals surface area (Å²) in [6.45, 7) is 10.2. The lowest BCUT2D eigenvalue weighted by atomic mass is 9.77. The van der Waals surface area contributed by atoms with E-state index in [4.69, 9.17) is 9.57 Å². The summed E-state index contributed by atoms with van der Waals surface area (Å²) in [6, 6.07) is 2.08. The van der Waals surface area contributed by atoms with Gasteiger partial charge >= 0.3 is 0 Å². The molecule has 1 atom stereocenters. The smallest absolute Gasteiger partial charge is 0.168 e. The Bertz CT molecular complexity index is 762. The molecule has 1 unspecified atom stereocenters. The van der Waals surface area contributed by atoms with Gasteiger partial charge in [-0.25, -0.2) is 0 Å². The molecule has 5 nitrogen and oxygen atoms in total. The minimum atomic E-state index is -0.0857. The Morgan fingerprint density at radius 2 is 1.92 bits per heavy atom. The number of aryl methyl sites for hydroxylation is 2. The first-order chi connectivity index (χ1) is 12.3. The topological polar surface area (TPSA) is 68.1 Å². The number of rotatable bonds is 6. The van der Waals surface area contributed by atoms with Crippen molar-refractivity contribution in [2.24, 2.45) is 5.16 Å². The Balaban J connectivity index is 2.45. The normalized spacial score (nSPS) is 18.3. The quantitative estimate of drug-likeness (QED) is 0.591. The van der Waals surface area contributed by atoms with Gasteiger partial charge in [0.1, 0.15) is 18.1 Å². The number of benzene rings is 1. The molecule has 0 aliphatic heterocycles. The minimum Gasteiger partial charge on any atom is -0.511 e. The van der Waals surface area contributed by atoms with Crippen LogP contribution in [-0.4, -0.2) is 30.3 Å². The van der Waals surface area contributed by atoms with Gasteiger partial charge in [-0.2, -0.15) is 0 Å². The number of hydrogen-bond acceptors (Lipinski definition) is 5. The molecule has 142 valence electrons. The van der Waals surface area contributed by atoms with E-state index >= 15 is 0 Å². The summed E-state index contributed by atoms with van der Waals surface area (Å²) in [7, 11) is 1.66. The fourth-order valence-electron chi connectivity index (χ4n) is 3.98. The van der Waals surface area contributed by atoms with Crippen LogP contribution in [0.2, 0.25) is 0 Å². The third kappa shape index (κ3) is 3.76. The summed E-state index contributed by atoms with van der Waals surface area (Å²) in [6.07, 6.45) is 1.30. The third-order valence-electron chi connectivity index (χ3n) is 4.94. The highest BCUT2D eigenvalue weighted by Crippen LogP contribution is 2.40. The number of allylic oxidation sites excluding steroid dienone is 2. The number of oxime groups is 1. The largest absolute Gasteiger partial charge is 0.511 e. The molecule has 1 aliphatic rings. The van der Waals surface area contributed by atoms with Gasteiger partial charge in [0.2, 0.25) is 0 Å². The molecule has 0 aromatic heterocycles. The molecule has 0 saturated carbocycles. The maximum Gasteiger partial charge on any atom is 0.168 e. The number of nitrogens with zero attached hydrogens (tertiary/aromatic N) is 1. The highest BCUT2D eigenvalue weighted by atomic mass is 16.6. The number of methoxy groups -OCH3 is 1. The summed E-state index contributed by atoms with van der Waals surface area (Å²) in [5.41, 5.74) is 5.16. The van der Waals surface area contributed by atoms with Crippen molar-refractivity contribution < 1.29 is 19.5 Å². The van der Waals surface area contributed by atoms with E-state index in [1.165, 1.54) is 0 Å². The molecule has 0 bridgehead atoms. The standard InChI is InChI=1S/C21H29NO4/c1-7-16(22-26-8-2)20-17(23)10-15(11-18(20)24)19-12(3)9-13(4)21(25-6)14(19)5/h9,15,23H,7-8,10-11H2,1-6H3/b22-16-. The van der Waals surface area contributed by atoms with Gasteiger partial charge in [0, 0.05) is 12.8 Å². The van der Waals surface area contributed by atoms with E-state index in [-0.39, 0.29) is 17.5 Å². The van der Waals surface area contributed by atoms with Crippen LogP contribution in [-0.2, 0) is 9.63 Å². The third-order valence-corrected chi connectivity index (χ3v) is 4.94. The second-order valence-electron chi connectivity index (χ2n) is 6.74. The van der Waals surface area contributed by atoms with Gasteiger partial charge in [-0.1, -0.05) is 18.1 Å². The van der Waals surface area contributed by atoms with Crippen LogP contribution in [0.25, 0.3) is 0 Å². The van der Waals surface area contributed by atoms with Crippen molar-refractivity contribution in [3.8, 4) is 5.75 Å². The highest BCUT2D eigenvalue weighted by Gasteiger charge is 2.33. The Kier molecular flexibility index (Phi) is 6.46. The van der Waals surface area contributed by atoms with Gasteiger partial charge in [0.05, 0.1) is 18.4 Å². The predicted molar refractivity (Wildman–Crippen MR) is 103 cm³/mol. The highest BCUT2D eigenvalue weighted by molar-refractivity contribution is 6.23. The molecule has 1 aromatic carbocycles. The van der Waals surface area contributed by atoms with E-state index in [0.29, 0.717) is 37.2 Å². The number of hydrogen-bond donors (Lipinski definition) is 1. The maximum atomic E-state index is 12.8. The van der Waals surface area contributed by atoms with E-state index in [2.05, 4.69) is 11.2 Å². The van der Waals surface area contributed by atoms with Gasteiger partial charge in [0.25, 0.3) is 0 Å². The second kappa shape index (κ2) is 8.39. The maximum absolute atomic E-state index is 12.8. The fourth-order valence-corrected chi connectivity index (χ4v) is 3.98. The molecule has 1 N–H and O–H groups in total. The van der Waals surface area contributed by atoms with E-state index < -0.39 is 0 Å². The van der Waals surface area contributed by atoms with Crippen molar-refractivity contribution in [1.29, 1.82) is 0 Å². The zero-order valence-electron chi connectivity index (χ0n) is 16.6. The first kappa shape index (κ1) is 20.0. The molecule has 0 saturated heterocycles. The van der Waals surface area contributed by atoms with E-state index in [1.807, 2.05) is 34.6 Å². The zero-order valence-corrected chi connectivity index (χ0v) is 16.6. The van der Waals surface area contributed by atoms with Crippen molar-refractivity contribution in [3.05, 3.63) is 39.7 Å². The molecule has 0 amide bonds. The van der Waals surface area contributed by atoms with Gasteiger partial charge < -0.3 is 14.7 Å². The monoisotopic (exact) mass is 359 g/mol. The van der Waals surface area contributed by atoms with Crippen LogP contribution in [0.3, 0.4) is 0 Å². The molecular weight excluding hydrogens is 330 g/mol. The molecule has 26 heavy (non-hydrogen) atoms. The van der Waals surface area contributed by atoms with E-state index in [0.717, 1.165) is 28.0 Å². The van der Waals surface area contributed by atoms with Gasteiger partial charge in [0.15, 0.2) is 5.78 Å². The van der Waals surface area contributed by atoms with Crippen molar-refractivity contribution in [1.82, 2.24) is 0 Å². The molecular formula is C21H29NO4. The number of carbonyl (C=O) groups excluding carboxylic acids is 1. The second-order valence-corrected chi connectivity index (χ2v) is 6.74. The first-order valence-corrected chi connectivity index (χ1v) is 9.14. The first-order valence-electron chi connectivity index (χ1n) is 9.14. The molecule has 0 spiro atoms. The van der Waals surface area contributed by atoms with Crippen LogP contribution < -0.4 is 4.74 Å². The Labute approximate surface area is 155 Å². The number of ether oxygens (including phenoxy) is 1. The lowest BCUT2D eigenvalue weighted by Gasteiger charge is -2.28. The SMILES string of the molecule is CCO/N=C(/CC)C1=C(O)CC(c2c(C)cc(C)c(OC)c2C)CC1=O. The van der Waals surface area contributed by atoms with E-state index in [1.54, 1.807) is 7.11 Å². The summed E-state index contributed by atoms with van der Waals surface area (Å²) >= 11 is 0. The predicted octanol–water partition coefficient (Wildman–Crippen LogP) is 4.68. The van der Waals surface area contributed by atoms with Crippen molar-refractivity contribution in [2.45, 2.75) is 59.8 Å². The number of Topliss-reactive ketones (excluding diaryl/α,β-unsaturated/α-hetero) is 1. The van der Waals surface area contributed by atoms with Crippen LogP contribution >= 0.6 is 0 Å². The summed E-state index contributed by atoms with van der Waals surface area (Å²) in [5.74, 6) is 0.799. The minimum absolute atomic E-state index is 0.0639. The number of aliphatic hydroxyl groups excluding tert-OH is 1. The van der Waals surface area contributed by atoms with Crippen molar-refractivity contribution in [3.63, 3.8) is 0 Å². The van der Waals surface area contributed by atoms with Crippen molar-refractivity contribution >= 4 is 11.5 Å². The Hall–Kier alpha value is -2.30. The average Bonchev–Trinajstić information content (AvgIpc) is 2.57. The molecule has 0 radical (unpaired) electrons. The molecule has 0 fully saturated rings. The summed E-state index contributed by atoms with van der Waals surface area (Å²) in [4.78, 5) is 17.9. The lowest BCUT2D eigenvalue weighted by Crippen LogP contribution is -2.24. The Morgan fingerprint density at radius 1 is 1.23 bits per heavy atom. The molecule has 0 heterocycles. The Morgan fingerprint density at radius 3 is 2.46 bits per heavy atom. The molecule has 1 aliphatic carbocycles. The van der Waals surface area contributed by atoms with E-state index in [9.17, 15) is 9.90 Å². The number of ketones is 1. The number of aliphatic hydroxyl groups is 1. The number of carbonyl (C=O) groups is 1. The summed E-state index contributed by atoms with van der Waals surface area (Å²) < 4.78 is 5.54. The fraction of sp³-hybridized carbons (Fsp3) is 0.524. The molecule has 5 heteroatoms. The molecule has 2 rings (SSSR count). The van der Waals surface area contributed by atoms with Gasteiger partial charge in [-0.3, -0.25) is 4.79 Å². The molecule has 1 aromatic rings.